The van der Waals surface area contributed by atoms with Crippen molar-refractivity contribution < 1.29 is 9.53 Å². The van der Waals surface area contributed by atoms with Gasteiger partial charge in [0.2, 0.25) is 11.8 Å². The summed E-state index contributed by atoms with van der Waals surface area (Å²) >= 11 is 0. The highest BCUT2D eigenvalue weighted by atomic mass is 16.5. The Bertz CT molecular complexity index is 503. The lowest BCUT2D eigenvalue weighted by molar-refractivity contribution is -0.132. The second-order valence-electron chi connectivity index (χ2n) is 6.04. The van der Waals surface area contributed by atoms with E-state index in [4.69, 9.17) is 4.74 Å². The molecule has 1 atom stereocenters. The van der Waals surface area contributed by atoms with Crippen molar-refractivity contribution in [2.24, 2.45) is 5.41 Å². The zero-order valence-corrected chi connectivity index (χ0v) is 12.6. The van der Waals surface area contributed by atoms with Gasteiger partial charge in [-0.25, -0.2) is 4.98 Å². The first kappa shape index (κ1) is 14.3. The SMILES string of the molecule is CCOc1ccc(CN2CC[C@]3(CCCNC3=O)C2)cn1. The standard InChI is InChI=1S/C16H23N3O2/c1-2-21-14-5-4-13(10-18-14)11-19-9-7-16(12-19)6-3-8-17-15(16)20/h4-5,10H,2-3,6-9,11-12H2,1H3,(H,17,20)/t16-/m1/s1. The Hall–Kier alpha value is -1.62. The van der Waals surface area contributed by atoms with E-state index >= 15 is 0 Å². The van der Waals surface area contributed by atoms with Gasteiger partial charge >= 0.3 is 0 Å². The highest BCUT2D eigenvalue weighted by molar-refractivity contribution is 5.83. The number of piperidine rings is 1. The van der Waals surface area contributed by atoms with Gasteiger partial charge in [-0.05, 0) is 38.3 Å². The molecule has 2 fully saturated rings. The Morgan fingerprint density at radius 2 is 2.33 bits per heavy atom. The van der Waals surface area contributed by atoms with E-state index in [1.165, 1.54) is 5.56 Å². The summed E-state index contributed by atoms with van der Waals surface area (Å²) in [5, 5.41) is 3.03. The van der Waals surface area contributed by atoms with Crippen LogP contribution in [-0.4, -0.2) is 42.0 Å². The van der Waals surface area contributed by atoms with Crippen molar-refractivity contribution >= 4 is 5.91 Å². The smallest absolute Gasteiger partial charge is 0.227 e. The molecule has 1 amide bonds. The summed E-state index contributed by atoms with van der Waals surface area (Å²) in [6.07, 6.45) is 4.97. The molecular weight excluding hydrogens is 266 g/mol. The molecule has 5 heteroatoms. The van der Waals surface area contributed by atoms with Gasteiger partial charge in [0, 0.05) is 31.9 Å². The Balaban J connectivity index is 1.60. The van der Waals surface area contributed by atoms with Crippen LogP contribution in [0.4, 0.5) is 0 Å². The number of nitrogens with one attached hydrogen (secondary N) is 1. The minimum atomic E-state index is -0.142. The van der Waals surface area contributed by atoms with E-state index in [-0.39, 0.29) is 11.3 Å². The fourth-order valence-corrected chi connectivity index (χ4v) is 3.41. The second kappa shape index (κ2) is 6.02. The number of hydrogen-bond donors (Lipinski definition) is 1. The average Bonchev–Trinajstić information content (AvgIpc) is 2.89. The van der Waals surface area contributed by atoms with Gasteiger partial charge in [0.1, 0.15) is 0 Å². The number of hydrogen-bond acceptors (Lipinski definition) is 4. The number of pyridine rings is 1. The van der Waals surface area contributed by atoms with Gasteiger partial charge in [-0.15, -0.1) is 0 Å². The van der Waals surface area contributed by atoms with Crippen LogP contribution in [-0.2, 0) is 11.3 Å². The van der Waals surface area contributed by atoms with Crippen LogP contribution in [0.1, 0.15) is 31.7 Å². The van der Waals surface area contributed by atoms with E-state index in [1.807, 2.05) is 19.2 Å². The molecule has 2 aliphatic heterocycles. The fourth-order valence-electron chi connectivity index (χ4n) is 3.41. The van der Waals surface area contributed by atoms with E-state index in [0.717, 1.165) is 45.4 Å². The monoisotopic (exact) mass is 289 g/mol. The molecule has 2 saturated heterocycles. The molecule has 0 unspecified atom stereocenters. The molecule has 0 aliphatic carbocycles. The van der Waals surface area contributed by atoms with Crippen LogP contribution in [0.3, 0.4) is 0 Å². The summed E-state index contributed by atoms with van der Waals surface area (Å²) in [7, 11) is 0. The largest absolute Gasteiger partial charge is 0.478 e. The van der Waals surface area contributed by atoms with Crippen molar-refractivity contribution in [3.63, 3.8) is 0 Å². The maximum Gasteiger partial charge on any atom is 0.227 e. The van der Waals surface area contributed by atoms with Gasteiger partial charge in [0.05, 0.1) is 12.0 Å². The normalized spacial score (nSPS) is 26.0. The Labute approximate surface area is 125 Å². The van der Waals surface area contributed by atoms with Crippen molar-refractivity contribution in [2.45, 2.75) is 32.7 Å². The maximum atomic E-state index is 12.2. The molecular formula is C16H23N3O2. The first-order chi connectivity index (χ1) is 10.2. The maximum absolute atomic E-state index is 12.2. The Kier molecular flexibility index (Phi) is 4.10. The number of likely N-dealkylation sites (tertiary alicyclic amines) is 1. The third kappa shape index (κ3) is 3.02. The van der Waals surface area contributed by atoms with Crippen molar-refractivity contribution in [3.8, 4) is 5.88 Å². The van der Waals surface area contributed by atoms with Crippen molar-refractivity contribution in [1.29, 1.82) is 0 Å². The summed E-state index contributed by atoms with van der Waals surface area (Å²) in [5.74, 6) is 0.923. The van der Waals surface area contributed by atoms with Crippen molar-refractivity contribution in [3.05, 3.63) is 23.9 Å². The van der Waals surface area contributed by atoms with E-state index in [9.17, 15) is 4.79 Å². The lowest BCUT2D eigenvalue weighted by atomic mass is 9.79. The Morgan fingerprint density at radius 1 is 1.43 bits per heavy atom. The number of nitrogens with zero attached hydrogens (tertiary/aromatic N) is 2. The van der Waals surface area contributed by atoms with Crippen LogP contribution in [0.2, 0.25) is 0 Å². The number of amides is 1. The summed E-state index contributed by atoms with van der Waals surface area (Å²) in [6.45, 7) is 6.13. The highest BCUT2D eigenvalue weighted by Crippen LogP contribution is 2.37. The minimum Gasteiger partial charge on any atom is -0.478 e. The van der Waals surface area contributed by atoms with Gasteiger partial charge in [0.25, 0.3) is 0 Å². The van der Waals surface area contributed by atoms with Crippen LogP contribution in [0.15, 0.2) is 18.3 Å². The molecule has 21 heavy (non-hydrogen) atoms. The zero-order valence-electron chi connectivity index (χ0n) is 12.6. The van der Waals surface area contributed by atoms with Gasteiger partial charge in [-0.1, -0.05) is 6.07 Å². The van der Waals surface area contributed by atoms with E-state index in [1.54, 1.807) is 0 Å². The van der Waals surface area contributed by atoms with Crippen LogP contribution in [0.25, 0.3) is 0 Å². The molecule has 0 saturated carbocycles. The topological polar surface area (TPSA) is 54.5 Å². The summed E-state index contributed by atoms with van der Waals surface area (Å²) < 4.78 is 5.36. The highest BCUT2D eigenvalue weighted by Gasteiger charge is 2.45. The molecule has 1 aromatic heterocycles. The fraction of sp³-hybridized carbons (Fsp3) is 0.625. The first-order valence-electron chi connectivity index (χ1n) is 7.80. The van der Waals surface area contributed by atoms with Crippen LogP contribution in [0.5, 0.6) is 5.88 Å². The van der Waals surface area contributed by atoms with Crippen LogP contribution in [0, 0.1) is 5.41 Å². The summed E-state index contributed by atoms with van der Waals surface area (Å²) in [5.41, 5.74) is 1.03. The molecule has 5 nitrogen and oxygen atoms in total. The number of ether oxygens (including phenoxy) is 1. The molecule has 1 aromatic rings. The Morgan fingerprint density at radius 3 is 3.05 bits per heavy atom. The summed E-state index contributed by atoms with van der Waals surface area (Å²) in [4.78, 5) is 18.8. The molecule has 0 bridgehead atoms. The second-order valence-corrected chi connectivity index (χ2v) is 6.04. The molecule has 1 spiro atoms. The van der Waals surface area contributed by atoms with Gasteiger partial charge in [0.15, 0.2) is 0 Å². The van der Waals surface area contributed by atoms with Gasteiger partial charge in [-0.3, -0.25) is 9.69 Å². The number of aromatic nitrogens is 1. The van der Waals surface area contributed by atoms with E-state index < -0.39 is 0 Å². The number of carbonyl (C=O) groups excluding carboxylic acids is 1. The molecule has 1 N–H and O–H groups in total. The van der Waals surface area contributed by atoms with Crippen molar-refractivity contribution in [2.75, 3.05) is 26.2 Å². The molecule has 3 heterocycles. The predicted molar refractivity (Wildman–Crippen MR) is 80.0 cm³/mol. The van der Waals surface area contributed by atoms with Crippen LogP contribution < -0.4 is 10.1 Å². The van der Waals surface area contributed by atoms with E-state index in [0.29, 0.717) is 12.5 Å². The van der Waals surface area contributed by atoms with E-state index in [2.05, 4.69) is 21.3 Å². The zero-order chi connectivity index (χ0) is 14.7. The lowest BCUT2D eigenvalue weighted by Gasteiger charge is -2.32. The molecule has 114 valence electrons. The van der Waals surface area contributed by atoms with Gasteiger partial charge < -0.3 is 10.1 Å². The number of rotatable bonds is 4. The molecule has 0 aromatic carbocycles. The third-order valence-electron chi connectivity index (χ3n) is 4.53. The summed E-state index contributed by atoms with van der Waals surface area (Å²) in [6, 6.07) is 3.97. The van der Waals surface area contributed by atoms with Gasteiger partial charge in [-0.2, -0.15) is 0 Å². The lowest BCUT2D eigenvalue weighted by Crippen LogP contribution is -2.47. The quantitative estimate of drug-likeness (QED) is 0.914. The molecule has 3 rings (SSSR count). The van der Waals surface area contributed by atoms with Crippen LogP contribution >= 0.6 is 0 Å². The number of carbonyl (C=O) groups is 1. The van der Waals surface area contributed by atoms with Crippen molar-refractivity contribution in [1.82, 2.24) is 15.2 Å². The minimum absolute atomic E-state index is 0.142. The predicted octanol–water partition coefficient (Wildman–Crippen LogP) is 1.58. The third-order valence-corrected chi connectivity index (χ3v) is 4.53. The average molecular weight is 289 g/mol. The molecule has 2 aliphatic rings. The first-order valence-corrected chi connectivity index (χ1v) is 7.80. The molecule has 0 radical (unpaired) electrons.